The Morgan fingerprint density at radius 1 is 1.33 bits per heavy atom. The molecule has 6 heteroatoms. The van der Waals surface area contributed by atoms with Crippen molar-refractivity contribution in [3.63, 3.8) is 0 Å². The van der Waals surface area contributed by atoms with Crippen LogP contribution in [0.3, 0.4) is 0 Å². The minimum atomic E-state index is -0.548. The van der Waals surface area contributed by atoms with Crippen molar-refractivity contribution >= 4 is 17.5 Å². The van der Waals surface area contributed by atoms with Crippen LogP contribution in [0.1, 0.15) is 24.8 Å². The summed E-state index contributed by atoms with van der Waals surface area (Å²) in [5.41, 5.74) is 6.06. The number of aliphatic hydroxyl groups excluding tert-OH is 1. The van der Waals surface area contributed by atoms with Gasteiger partial charge >= 0.3 is 0 Å². The number of amides is 1. The van der Waals surface area contributed by atoms with Crippen molar-refractivity contribution in [1.29, 1.82) is 0 Å². The van der Waals surface area contributed by atoms with Gasteiger partial charge in [-0.1, -0.05) is 23.7 Å². The molecule has 1 unspecified atom stereocenters. The minimum absolute atomic E-state index is 0.273. The number of carbonyl (C=O) groups is 1. The second-order valence-corrected chi connectivity index (χ2v) is 5.36. The topological polar surface area (TPSA) is 84.6 Å². The third-order valence-electron chi connectivity index (χ3n) is 2.90. The number of halogens is 1. The predicted octanol–water partition coefficient (Wildman–Crippen LogP) is 1.46. The lowest BCUT2D eigenvalue weighted by molar-refractivity contribution is -0.118. The minimum Gasteiger partial charge on any atom is -0.389 e. The average Bonchev–Trinajstić information content (AvgIpc) is 2.44. The number of aliphatic hydroxyl groups is 1. The molecule has 0 aliphatic heterocycles. The summed E-state index contributed by atoms with van der Waals surface area (Å²) in [6, 6.07) is 7.41. The van der Waals surface area contributed by atoms with Gasteiger partial charge in [0.25, 0.3) is 0 Å². The largest absolute Gasteiger partial charge is 0.389 e. The van der Waals surface area contributed by atoms with E-state index < -0.39 is 6.10 Å². The van der Waals surface area contributed by atoms with E-state index in [9.17, 15) is 9.90 Å². The van der Waals surface area contributed by atoms with E-state index >= 15 is 0 Å². The molecule has 0 aliphatic rings. The van der Waals surface area contributed by atoms with Crippen LogP contribution in [0.5, 0.6) is 0 Å². The van der Waals surface area contributed by atoms with Crippen LogP contribution in [-0.4, -0.2) is 36.8 Å². The predicted molar refractivity (Wildman–Crippen MR) is 83.0 cm³/mol. The van der Waals surface area contributed by atoms with Gasteiger partial charge in [-0.05, 0) is 37.1 Å². The Bertz CT molecular complexity index is 412. The van der Waals surface area contributed by atoms with Gasteiger partial charge in [0.2, 0.25) is 5.91 Å². The van der Waals surface area contributed by atoms with E-state index in [4.69, 9.17) is 22.1 Å². The van der Waals surface area contributed by atoms with Gasteiger partial charge in [-0.25, -0.2) is 0 Å². The average molecular weight is 315 g/mol. The number of nitrogens with two attached hydrogens (primary N) is 1. The molecule has 0 saturated heterocycles. The summed E-state index contributed by atoms with van der Waals surface area (Å²) in [6.07, 6.45) is 1.50. The zero-order valence-corrected chi connectivity index (χ0v) is 12.8. The molecular weight excluding hydrogens is 292 g/mol. The smallest absolute Gasteiger partial charge is 0.217 e. The Morgan fingerprint density at radius 3 is 2.71 bits per heavy atom. The maximum Gasteiger partial charge on any atom is 0.217 e. The Kier molecular flexibility index (Phi) is 9.01. The van der Waals surface area contributed by atoms with E-state index in [0.717, 1.165) is 24.9 Å². The number of primary amides is 1. The summed E-state index contributed by atoms with van der Waals surface area (Å²) < 4.78 is 5.44. The quantitative estimate of drug-likeness (QED) is 0.540. The van der Waals surface area contributed by atoms with Crippen LogP contribution in [0.15, 0.2) is 24.3 Å². The summed E-state index contributed by atoms with van der Waals surface area (Å²) in [6.45, 7) is 1.95. The number of unbranched alkanes of at least 4 members (excludes halogenated alkanes) is 1. The van der Waals surface area contributed by atoms with Crippen LogP contribution < -0.4 is 11.1 Å². The first-order valence-electron chi connectivity index (χ1n) is 7.07. The highest BCUT2D eigenvalue weighted by atomic mass is 35.5. The van der Waals surface area contributed by atoms with E-state index in [0.29, 0.717) is 24.6 Å². The van der Waals surface area contributed by atoms with Crippen molar-refractivity contribution in [3.8, 4) is 0 Å². The van der Waals surface area contributed by atoms with Crippen LogP contribution in [0.4, 0.5) is 0 Å². The van der Waals surface area contributed by atoms with Gasteiger partial charge in [-0.2, -0.15) is 0 Å². The van der Waals surface area contributed by atoms with Crippen LogP contribution >= 0.6 is 11.6 Å². The van der Waals surface area contributed by atoms with Gasteiger partial charge in [0.15, 0.2) is 0 Å². The van der Waals surface area contributed by atoms with Gasteiger partial charge in [0.05, 0.1) is 19.3 Å². The first kappa shape index (κ1) is 17.9. The number of hydrogen-bond donors (Lipinski definition) is 3. The molecule has 1 aromatic rings. The molecule has 1 atom stereocenters. The van der Waals surface area contributed by atoms with Crippen LogP contribution in [-0.2, 0) is 16.1 Å². The number of ether oxygens (including phenoxy) is 1. The molecule has 0 aromatic heterocycles. The number of hydrogen-bond acceptors (Lipinski definition) is 4. The molecule has 0 aliphatic carbocycles. The Labute approximate surface area is 130 Å². The molecule has 0 saturated carbocycles. The molecule has 21 heavy (non-hydrogen) atoms. The fourth-order valence-corrected chi connectivity index (χ4v) is 1.90. The van der Waals surface area contributed by atoms with Gasteiger partial charge in [-0.15, -0.1) is 0 Å². The lowest BCUT2D eigenvalue weighted by atomic mass is 10.2. The van der Waals surface area contributed by atoms with Crippen LogP contribution in [0.2, 0.25) is 5.02 Å². The summed E-state index contributed by atoms with van der Waals surface area (Å²) in [4.78, 5) is 10.5. The fraction of sp³-hybridized carbons (Fsp3) is 0.533. The van der Waals surface area contributed by atoms with E-state index in [-0.39, 0.29) is 12.5 Å². The van der Waals surface area contributed by atoms with Crippen molar-refractivity contribution in [2.45, 2.75) is 32.0 Å². The first-order valence-corrected chi connectivity index (χ1v) is 7.45. The van der Waals surface area contributed by atoms with E-state index in [1.54, 1.807) is 0 Å². The number of nitrogens with one attached hydrogen (secondary N) is 1. The second-order valence-electron chi connectivity index (χ2n) is 4.92. The fourth-order valence-electron chi connectivity index (χ4n) is 1.77. The lowest BCUT2D eigenvalue weighted by Gasteiger charge is -2.12. The molecule has 0 heterocycles. The van der Waals surface area contributed by atoms with Crippen molar-refractivity contribution in [3.05, 3.63) is 34.9 Å². The van der Waals surface area contributed by atoms with Gasteiger partial charge in [-0.3, -0.25) is 4.79 Å². The normalized spacial score (nSPS) is 12.3. The SMILES string of the molecule is NC(=O)CCCCNCC(O)COCc1ccc(Cl)cc1. The standard InChI is InChI=1S/C15H23ClN2O3/c16-13-6-4-12(5-7-13)10-21-11-14(19)9-18-8-2-1-3-15(17)20/h4-7,14,18-19H,1-3,8-11H2,(H2,17,20). The molecule has 0 radical (unpaired) electrons. The van der Waals surface area contributed by atoms with E-state index in [1.165, 1.54) is 0 Å². The molecule has 0 bridgehead atoms. The summed E-state index contributed by atoms with van der Waals surface area (Å²) in [5, 5.41) is 13.5. The van der Waals surface area contributed by atoms with Gasteiger partial charge < -0.3 is 20.9 Å². The molecule has 5 nitrogen and oxygen atoms in total. The molecule has 1 amide bonds. The van der Waals surface area contributed by atoms with Crippen LogP contribution in [0, 0.1) is 0 Å². The monoisotopic (exact) mass is 314 g/mol. The highest BCUT2D eigenvalue weighted by Gasteiger charge is 2.04. The third-order valence-corrected chi connectivity index (χ3v) is 3.15. The zero-order valence-electron chi connectivity index (χ0n) is 12.1. The summed E-state index contributed by atoms with van der Waals surface area (Å²) in [7, 11) is 0. The second kappa shape index (κ2) is 10.6. The Morgan fingerprint density at radius 2 is 2.05 bits per heavy atom. The maximum absolute atomic E-state index is 10.5. The molecule has 118 valence electrons. The molecule has 0 spiro atoms. The third kappa shape index (κ3) is 9.42. The van der Waals surface area contributed by atoms with Gasteiger partial charge in [0, 0.05) is 18.0 Å². The summed E-state index contributed by atoms with van der Waals surface area (Å²) >= 11 is 5.79. The zero-order chi connectivity index (χ0) is 15.5. The molecule has 0 fully saturated rings. The number of carbonyl (C=O) groups excluding carboxylic acids is 1. The van der Waals surface area contributed by atoms with Crippen molar-refractivity contribution < 1.29 is 14.6 Å². The number of benzene rings is 1. The summed E-state index contributed by atoms with van der Waals surface area (Å²) in [5.74, 6) is -0.273. The Hall–Kier alpha value is -1.14. The highest BCUT2D eigenvalue weighted by molar-refractivity contribution is 6.30. The first-order chi connectivity index (χ1) is 10.1. The lowest BCUT2D eigenvalue weighted by Crippen LogP contribution is -2.31. The van der Waals surface area contributed by atoms with Crippen molar-refractivity contribution in [2.75, 3.05) is 19.7 Å². The number of rotatable bonds is 11. The maximum atomic E-state index is 10.5. The van der Waals surface area contributed by atoms with Crippen LogP contribution in [0.25, 0.3) is 0 Å². The van der Waals surface area contributed by atoms with Crippen molar-refractivity contribution in [2.24, 2.45) is 5.73 Å². The molecule has 1 rings (SSSR count). The van der Waals surface area contributed by atoms with E-state index in [1.807, 2.05) is 24.3 Å². The molecule has 4 N–H and O–H groups in total. The molecule has 1 aromatic carbocycles. The molecular formula is C15H23ClN2O3. The highest BCUT2D eigenvalue weighted by Crippen LogP contribution is 2.10. The van der Waals surface area contributed by atoms with Crippen molar-refractivity contribution in [1.82, 2.24) is 5.32 Å². The van der Waals surface area contributed by atoms with E-state index in [2.05, 4.69) is 5.32 Å². The Balaban J connectivity index is 1.99. The van der Waals surface area contributed by atoms with Gasteiger partial charge in [0.1, 0.15) is 0 Å².